The van der Waals surface area contributed by atoms with Gasteiger partial charge in [0.25, 0.3) is 5.96 Å². The van der Waals surface area contributed by atoms with Crippen molar-refractivity contribution >= 4 is 24.8 Å². The third-order valence-electron chi connectivity index (χ3n) is 5.46. The lowest BCUT2D eigenvalue weighted by molar-refractivity contribution is -0.525. The third-order valence-corrected chi connectivity index (χ3v) is 5.46. The predicted octanol–water partition coefficient (Wildman–Crippen LogP) is 2.92. The first-order valence-electron chi connectivity index (χ1n) is 12.6. The summed E-state index contributed by atoms with van der Waals surface area (Å²) in [6, 6.07) is 0. The lowest BCUT2D eigenvalue weighted by Gasteiger charge is -2.23. The van der Waals surface area contributed by atoms with Crippen LogP contribution in [0.5, 0.6) is 0 Å². The molecule has 11 nitrogen and oxygen atoms in total. The van der Waals surface area contributed by atoms with Crippen molar-refractivity contribution in [2.75, 3.05) is 6.54 Å². The first-order chi connectivity index (χ1) is 16.6. The Balaban J connectivity index is 0. The zero-order chi connectivity index (χ0) is 26.6. The summed E-state index contributed by atoms with van der Waals surface area (Å²) >= 11 is 0. The molecule has 0 saturated carbocycles. The maximum Gasteiger partial charge on any atom is 0.475 e. The molecule has 0 aromatic rings. The van der Waals surface area contributed by atoms with Crippen LogP contribution in [-0.2, 0) is 9.59 Å². The first kappa shape index (κ1) is 35.7. The molecule has 0 aromatic heterocycles. The van der Waals surface area contributed by atoms with Gasteiger partial charge in [0.2, 0.25) is 5.91 Å². The smallest absolute Gasteiger partial charge is 0.426 e. The maximum atomic E-state index is 12.9. The van der Waals surface area contributed by atoms with Gasteiger partial charge in [-0.25, -0.2) is 15.1 Å². The number of hydrogen-bond donors (Lipinski definition) is 5. The standard InChI is InChI=1S/C23H44BN5O6.CH4/c1-4-5-6-7-8-9-10-11-14-20(30)17-19(13-12-15-26-23(25)28-29(34)35)22(31)27-21(24(32)33)16-18(2)3;/h11,14,18-19,21,32-33H,4-10,12-13,15-17H2,1-3H3,(H,27,31)(H3,25,26,28);1H4/b14-11+;/t19-,21+;/m1./s1. The number of nitrogens with zero attached hydrogens (tertiary/aromatic N) is 2. The van der Waals surface area contributed by atoms with Crippen molar-refractivity contribution in [3.8, 4) is 0 Å². The summed E-state index contributed by atoms with van der Waals surface area (Å²) in [6.45, 7) is 6.11. The number of rotatable bonds is 20. The molecule has 0 unspecified atom stereocenters. The molecule has 0 aliphatic rings. The van der Waals surface area contributed by atoms with Crippen molar-refractivity contribution in [1.82, 2.24) is 10.7 Å². The van der Waals surface area contributed by atoms with Crippen molar-refractivity contribution < 1.29 is 24.7 Å². The highest BCUT2D eigenvalue weighted by atomic mass is 16.7. The Morgan fingerprint density at radius 1 is 1.14 bits per heavy atom. The Kier molecular flexibility index (Phi) is 21.6. The molecule has 0 fully saturated rings. The molecule has 1 amide bonds. The molecule has 2 atom stereocenters. The van der Waals surface area contributed by atoms with Gasteiger partial charge in [-0.3, -0.25) is 9.59 Å². The molecule has 6 N–H and O–H groups in total. The number of hydrogen-bond acceptors (Lipinski definition) is 7. The van der Waals surface area contributed by atoms with Gasteiger partial charge in [0, 0.05) is 18.9 Å². The van der Waals surface area contributed by atoms with Gasteiger partial charge in [-0.1, -0.05) is 71.8 Å². The van der Waals surface area contributed by atoms with Gasteiger partial charge in [0.1, 0.15) is 0 Å². The van der Waals surface area contributed by atoms with E-state index in [2.05, 4.69) is 17.2 Å². The van der Waals surface area contributed by atoms with E-state index < -0.39 is 29.9 Å². The molecule has 208 valence electrons. The number of amides is 1. The van der Waals surface area contributed by atoms with E-state index in [0.717, 1.165) is 19.3 Å². The van der Waals surface area contributed by atoms with Crippen LogP contribution >= 0.6 is 0 Å². The molecule has 0 spiro atoms. The van der Waals surface area contributed by atoms with E-state index in [9.17, 15) is 29.8 Å². The van der Waals surface area contributed by atoms with Gasteiger partial charge >= 0.3 is 7.12 Å². The van der Waals surface area contributed by atoms with Crippen LogP contribution in [0, 0.1) is 22.0 Å². The van der Waals surface area contributed by atoms with Crippen LogP contribution in [0.3, 0.4) is 0 Å². The van der Waals surface area contributed by atoms with E-state index >= 15 is 0 Å². The molecule has 0 bridgehead atoms. The zero-order valence-electron chi connectivity index (χ0n) is 21.4. The quantitative estimate of drug-likeness (QED) is 0.0313. The number of nitro groups is 1. The minimum Gasteiger partial charge on any atom is -0.426 e. The van der Waals surface area contributed by atoms with Gasteiger partial charge < -0.3 is 21.1 Å². The molecular formula is C24H48BN5O6. The number of carbonyl (C=O) groups is 2. The lowest BCUT2D eigenvalue weighted by atomic mass is 9.74. The van der Waals surface area contributed by atoms with Crippen molar-refractivity contribution in [3.05, 3.63) is 22.3 Å². The topological polar surface area (TPSA) is 180 Å². The third kappa shape index (κ3) is 19.8. The Morgan fingerprint density at radius 2 is 1.78 bits per heavy atom. The van der Waals surface area contributed by atoms with Crippen molar-refractivity contribution in [1.29, 1.82) is 0 Å². The summed E-state index contributed by atoms with van der Waals surface area (Å²) in [7, 11) is -1.72. The molecule has 0 aromatic carbocycles. The lowest BCUT2D eigenvalue weighted by Crippen LogP contribution is -2.49. The largest absolute Gasteiger partial charge is 0.475 e. The highest BCUT2D eigenvalue weighted by molar-refractivity contribution is 6.43. The SMILES string of the molecule is C.CCCCCCCC/C=C/C(=O)C[C@@H](CCCN=C(N)N[N+](=O)[O-])C(=O)N[C@@H](CC(C)C)B(O)O. The van der Waals surface area contributed by atoms with Crippen LogP contribution in [0.1, 0.15) is 98.8 Å². The number of unbranched alkanes of at least 4 members (excludes halogenated alkanes) is 6. The number of allylic oxidation sites excluding steroid dienone is 2. The normalized spacial score (nSPS) is 13.2. The van der Waals surface area contributed by atoms with Gasteiger partial charge in [0.05, 0.1) is 5.94 Å². The molecule has 0 rings (SSSR count). The molecule has 12 heteroatoms. The fourth-order valence-corrected chi connectivity index (χ4v) is 3.62. The molecule has 0 saturated heterocycles. The minimum absolute atomic E-state index is 0. The zero-order valence-corrected chi connectivity index (χ0v) is 21.4. The Labute approximate surface area is 216 Å². The van der Waals surface area contributed by atoms with E-state index in [-0.39, 0.29) is 44.5 Å². The number of nitrogens with two attached hydrogens (primary N) is 1. The minimum atomic E-state index is -1.72. The Morgan fingerprint density at radius 3 is 2.36 bits per heavy atom. The number of aliphatic imine (C=N–C) groups is 1. The van der Waals surface area contributed by atoms with E-state index in [1.807, 2.05) is 19.9 Å². The van der Waals surface area contributed by atoms with E-state index in [0.29, 0.717) is 12.8 Å². The summed E-state index contributed by atoms with van der Waals surface area (Å²) in [4.78, 5) is 39.6. The molecular weight excluding hydrogens is 465 g/mol. The monoisotopic (exact) mass is 513 g/mol. The first-order valence-corrected chi connectivity index (χ1v) is 12.6. The summed E-state index contributed by atoms with van der Waals surface area (Å²) < 4.78 is 0. The van der Waals surface area contributed by atoms with Crippen molar-refractivity contribution in [2.45, 2.75) is 105 Å². The van der Waals surface area contributed by atoms with Gasteiger partial charge in [-0.2, -0.15) is 0 Å². The summed E-state index contributed by atoms with van der Waals surface area (Å²) in [6.07, 6.45) is 12.2. The van der Waals surface area contributed by atoms with Crippen LogP contribution < -0.4 is 16.5 Å². The highest BCUT2D eigenvalue weighted by Gasteiger charge is 2.29. The average Bonchev–Trinajstić information content (AvgIpc) is 2.76. The van der Waals surface area contributed by atoms with Crippen molar-refractivity contribution in [3.63, 3.8) is 0 Å². The van der Waals surface area contributed by atoms with Gasteiger partial charge in [-0.15, -0.1) is 0 Å². The second-order valence-corrected chi connectivity index (χ2v) is 9.26. The van der Waals surface area contributed by atoms with Crippen LogP contribution in [0.15, 0.2) is 17.1 Å². The van der Waals surface area contributed by atoms with Crippen LogP contribution in [0.25, 0.3) is 0 Å². The molecule has 36 heavy (non-hydrogen) atoms. The van der Waals surface area contributed by atoms with E-state index in [1.54, 1.807) is 5.43 Å². The second kappa shape index (κ2) is 21.8. The number of guanidine groups is 1. The summed E-state index contributed by atoms with van der Waals surface area (Å²) in [5.74, 6) is -2.39. The number of hydrazine groups is 1. The molecule has 0 radical (unpaired) electrons. The van der Waals surface area contributed by atoms with Gasteiger partial charge in [0.15, 0.2) is 10.8 Å². The maximum absolute atomic E-state index is 12.9. The van der Waals surface area contributed by atoms with Crippen molar-refractivity contribution in [2.24, 2.45) is 22.6 Å². The predicted molar refractivity (Wildman–Crippen MR) is 144 cm³/mol. The molecule has 0 aliphatic carbocycles. The fourth-order valence-electron chi connectivity index (χ4n) is 3.62. The summed E-state index contributed by atoms with van der Waals surface area (Å²) in [5.41, 5.74) is 7.13. The number of nitrogens with one attached hydrogen (secondary N) is 2. The Hall–Kier alpha value is -2.47. The van der Waals surface area contributed by atoms with Crippen LogP contribution in [0.2, 0.25) is 0 Å². The summed E-state index contributed by atoms with van der Waals surface area (Å²) in [5, 5.41) is 31.5. The Bertz CT molecular complexity index is 688. The number of carbonyl (C=O) groups excluding carboxylic acids is 2. The highest BCUT2D eigenvalue weighted by Crippen LogP contribution is 2.16. The van der Waals surface area contributed by atoms with E-state index in [1.165, 1.54) is 31.8 Å². The van der Waals surface area contributed by atoms with Crippen LogP contribution in [0.4, 0.5) is 0 Å². The molecule has 0 aliphatic heterocycles. The van der Waals surface area contributed by atoms with E-state index in [4.69, 9.17) is 5.73 Å². The molecule has 0 heterocycles. The second-order valence-electron chi connectivity index (χ2n) is 9.26. The average molecular weight is 513 g/mol. The van der Waals surface area contributed by atoms with Gasteiger partial charge in [-0.05, 0) is 44.1 Å². The van der Waals surface area contributed by atoms with Crippen LogP contribution in [-0.4, -0.2) is 52.3 Å². The number of ketones is 1. The fraction of sp³-hybridized carbons (Fsp3) is 0.792.